The van der Waals surface area contributed by atoms with Crippen LogP contribution < -0.4 is 15.8 Å². The van der Waals surface area contributed by atoms with Gasteiger partial charge >= 0.3 is 0 Å². The van der Waals surface area contributed by atoms with E-state index in [1.807, 2.05) is 0 Å². The molecule has 11 nitrogen and oxygen atoms in total. The molecule has 4 fully saturated rings. The van der Waals surface area contributed by atoms with Crippen LogP contribution in [-0.4, -0.2) is 57.6 Å². The summed E-state index contributed by atoms with van der Waals surface area (Å²) >= 11 is 0. The second-order valence-corrected chi connectivity index (χ2v) is 13.1. The number of nitrogens with zero attached hydrogens (tertiary/aromatic N) is 4. The highest BCUT2D eigenvalue weighted by atomic mass is 32.2. The van der Waals surface area contributed by atoms with Gasteiger partial charge in [-0.05, 0) is 75.8 Å². The molecule has 36 heavy (non-hydrogen) atoms. The number of carbonyl (C=O) groups is 2. The van der Waals surface area contributed by atoms with E-state index in [4.69, 9.17) is 5.73 Å². The molecule has 2 unspecified atom stereocenters. The zero-order valence-corrected chi connectivity index (χ0v) is 21.5. The largest absolute Gasteiger partial charge is 0.369 e. The molecule has 194 valence electrons. The predicted octanol–water partition coefficient (Wildman–Crippen LogP) is 1.28. The first-order valence-corrected chi connectivity index (χ1v) is 14.1. The average molecular weight is 516 g/mol. The minimum Gasteiger partial charge on any atom is -0.369 e. The van der Waals surface area contributed by atoms with Crippen molar-refractivity contribution in [1.29, 1.82) is 0 Å². The summed E-state index contributed by atoms with van der Waals surface area (Å²) in [5, 5.41) is 11.9. The van der Waals surface area contributed by atoms with Crippen molar-refractivity contribution >= 4 is 28.0 Å². The third-order valence-corrected chi connectivity index (χ3v) is 8.81. The Hall–Kier alpha value is -2.99. The van der Waals surface area contributed by atoms with Crippen LogP contribution in [0.1, 0.15) is 56.3 Å². The molecule has 0 aliphatic heterocycles. The number of nitrogens with two attached hydrogens (primary N) is 1. The summed E-state index contributed by atoms with van der Waals surface area (Å²) in [6.07, 6.45) is 13.6. The highest BCUT2D eigenvalue weighted by Gasteiger charge is 2.58. The number of rotatable bonds is 8. The molecule has 2 atom stereocenters. The maximum atomic E-state index is 13.6. The molecule has 0 radical (unpaired) electrons. The van der Waals surface area contributed by atoms with Crippen LogP contribution >= 0.6 is 0 Å². The van der Waals surface area contributed by atoms with Crippen LogP contribution in [0.25, 0.3) is 12.0 Å². The average Bonchev–Trinajstić information content (AvgIpc) is 3.42. The first kappa shape index (κ1) is 24.7. The molecule has 12 heteroatoms. The van der Waals surface area contributed by atoms with E-state index < -0.39 is 21.0 Å². The quantitative estimate of drug-likeness (QED) is 0.481. The van der Waals surface area contributed by atoms with Gasteiger partial charge in [0, 0.05) is 35.6 Å². The van der Waals surface area contributed by atoms with Crippen molar-refractivity contribution in [2.45, 2.75) is 57.5 Å². The molecular formula is C24H33N7O4S. The van der Waals surface area contributed by atoms with Crippen LogP contribution in [-0.2, 0) is 14.8 Å². The van der Waals surface area contributed by atoms with E-state index in [1.54, 1.807) is 49.3 Å². The van der Waals surface area contributed by atoms with Crippen LogP contribution in [0.15, 0.2) is 30.7 Å². The molecule has 4 bridgehead atoms. The number of carbonyl (C=O) groups excluding carboxylic acids is 2. The van der Waals surface area contributed by atoms with Crippen molar-refractivity contribution < 1.29 is 18.0 Å². The third-order valence-electron chi connectivity index (χ3n) is 7.91. The van der Waals surface area contributed by atoms with Crippen LogP contribution in [0.5, 0.6) is 0 Å². The molecule has 0 spiro atoms. The number of hydrogen-bond donors (Lipinski definition) is 3. The lowest BCUT2D eigenvalue weighted by molar-refractivity contribution is -0.145. The van der Waals surface area contributed by atoms with E-state index >= 15 is 0 Å². The van der Waals surface area contributed by atoms with Gasteiger partial charge in [0.15, 0.2) is 5.82 Å². The van der Waals surface area contributed by atoms with Crippen molar-refractivity contribution in [1.82, 2.24) is 29.6 Å². The van der Waals surface area contributed by atoms with Crippen molar-refractivity contribution in [3.05, 3.63) is 36.3 Å². The highest BCUT2D eigenvalue weighted by Crippen LogP contribution is 2.59. The fraction of sp³-hybridized carbons (Fsp3) is 0.583. The van der Waals surface area contributed by atoms with E-state index in [1.165, 1.54) is 10.9 Å². The maximum absolute atomic E-state index is 13.6. The number of amides is 2. The molecule has 6 rings (SSSR count). The Kier molecular flexibility index (Phi) is 5.86. The highest BCUT2D eigenvalue weighted by molar-refractivity contribution is 7.88. The minimum absolute atomic E-state index is 0.0104. The Morgan fingerprint density at radius 3 is 2.47 bits per heavy atom. The number of sulfonamides is 1. The van der Waals surface area contributed by atoms with Crippen LogP contribution in [0.4, 0.5) is 0 Å². The van der Waals surface area contributed by atoms with Gasteiger partial charge in [0.1, 0.15) is 5.56 Å². The first-order valence-electron chi connectivity index (χ1n) is 12.2. The molecule has 2 aromatic heterocycles. The van der Waals surface area contributed by atoms with Gasteiger partial charge < -0.3 is 11.1 Å². The summed E-state index contributed by atoms with van der Waals surface area (Å²) in [7, 11) is -3.42. The van der Waals surface area contributed by atoms with E-state index in [0.29, 0.717) is 17.3 Å². The summed E-state index contributed by atoms with van der Waals surface area (Å²) in [5.74, 6) is 0.964. The fourth-order valence-electron chi connectivity index (χ4n) is 6.81. The fourth-order valence-corrected chi connectivity index (χ4v) is 7.83. The smallest absolute Gasteiger partial charge is 0.257 e. The molecule has 4 saturated carbocycles. The summed E-state index contributed by atoms with van der Waals surface area (Å²) in [4.78, 5) is 25.8. The second-order valence-electron chi connectivity index (χ2n) is 11.3. The summed E-state index contributed by atoms with van der Waals surface area (Å²) in [5.41, 5.74) is 4.87. The molecular weight excluding hydrogens is 482 g/mol. The Labute approximate surface area is 210 Å². The van der Waals surface area contributed by atoms with E-state index in [0.717, 1.165) is 38.4 Å². The number of aromatic nitrogens is 4. The summed E-state index contributed by atoms with van der Waals surface area (Å²) in [6.45, 7) is 3.45. The lowest BCUT2D eigenvalue weighted by Gasteiger charge is -2.58. The van der Waals surface area contributed by atoms with Crippen molar-refractivity contribution in [3.8, 4) is 5.82 Å². The SMILES string of the molecule is CC(C)(/C=C/n1ncc(C(=O)N[C@H]2C3CC4CC2C[C@](C(N)=O)(C4)C3)c1-n1cccn1)NS(C)(=O)=O. The van der Waals surface area contributed by atoms with E-state index in [-0.39, 0.29) is 29.7 Å². The lowest BCUT2D eigenvalue weighted by Crippen LogP contribution is -2.62. The van der Waals surface area contributed by atoms with Crippen molar-refractivity contribution in [3.63, 3.8) is 0 Å². The third kappa shape index (κ3) is 4.59. The topological polar surface area (TPSA) is 154 Å². The van der Waals surface area contributed by atoms with Gasteiger partial charge in [0.2, 0.25) is 15.9 Å². The minimum atomic E-state index is -3.42. The Morgan fingerprint density at radius 2 is 1.89 bits per heavy atom. The molecule has 4 N–H and O–H groups in total. The summed E-state index contributed by atoms with van der Waals surface area (Å²) < 4.78 is 29.0. The lowest BCUT2D eigenvalue weighted by atomic mass is 9.47. The standard InChI is InChI=1S/C24H33N7O4S/c1-23(2,29-36(3,34)35)5-8-31-21(30-7-4-6-26-30)18(14-27-31)20(32)28-19-16-9-15-10-17(19)13-24(11-15,12-16)22(25)33/h4-8,14-17,19,29H,9-13H2,1-3H3,(H2,25,33)(H,28,32)/b8-5+/t15?,16?,17?,19-,24-. The van der Waals surface area contributed by atoms with Crippen LogP contribution in [0.3, 0.4) is 0 Å². The molecule has 4 aliphatic rings. The van der Waals surface area contributed by atoms with Gasteiger partial charge in [-0.15, -0.1) is 0 Å². The van der Waals surface area contributed by atoms with E-state index in [2.05, 4.69) is 20.2 Å². The van der Waals surface area contributed by atoms with Gasteiger partial charge in [-0.2, -0.15) is 10.2 Å². The molecule has 2 amide bonds. The second kappa shape index (κ2) is 8.55. The van der Waals surface area contributed by atoms with Gasteiger partial charge in [-0.3, -0.25) is 9.59 Å². The molecule has 2 aromatic rings. The summed E-state index contributed by atoms with van der Waals surface area (Å²) in [6, 6.07) is 1.74. The molecule has 4 aliphatic carbocycles. The Bertz CT molecular complexity index is 1300. The number of nitrogens with one attached hydrogen (secondary N) is 2. The zero-order chi connectivity index (χ0) is 25.9. The van der Waals surface area contributed by atoms with Crippen LogP contribution in [0, 0.1) is 23.2 Å². The molecule has 2 heterocycles. The number of primary amides is 1. The normalized spacial score (nSPS) is 29.6. The van der Waals surface area contributed by atoms with Crippen LogP contribution in [0.2, 0.25) is 0 Å². The van der Waals surface area contributed by atoms with Gasteiger partial charge in [-0.25, -0.2) is 22.5 Å². The first-order chi connectivity index (χ1) is 16.9. The predicted molar refractivity (Wildman–Crippen MR) is 133 cm³/mol. The zero-order valence-electron chi connectivity index (χ0n) is 20.7. The number of hydrogen-bond acceptors (Lipinski definition) is 6. The van der Waals surface area contributed by atoms with Gasteiger partial charge in [0.25, 0.3) is 5.91 Å². The van der Waals surface area contributed by atoms with Gasteiger partial charge in [0.05, 0.1) is 12.5 Å². The molecule has 0 saturated heterocycles. The van der Waals surface area contributed by atoms with Crippen molar-refractivity contribution in [2.75, 3.05) is 6.26 Å². The van der Waals surface area contributed by atoms with Crippen molar-refractivity contribution in [2.24, 2.45) is 28.9 Å². The van der Waals surface area contributed by atoms with E-state index in [9.17, 15) is 18.0 Å². The Morgan fingerprint density at radius 1 is 1.19 bits per heavy atom. The molecule has 0 aromatic carbocycles. The monoisotopic (exact) mass is 515 g/mol. The Balaban J connectivity index is 1.40. The van der Waals surface area contributed by atoms with Gasteiger partial charge in [-0.1, -0.05) is 0 Å². The maximum Gasteiger partial charge on any atom is 0.257 e.